The molecule has 2 atom stereocenters. The van der Waals surface area contributed by atoms with E-state index >= 15 is 0 Å². The van der Waals surface area contributed by atoms with Crippen LogP contribution in [-0.2, 0) is 4.74 Å². The zero-order valence-corrected chi connectivity index (χ0v) is 9.65. The van der Waals surface area contributed by atoms with Crippen LogP contribution in [0.25, 0.3) is 0 Å². The fourth-order valence-corrected chi connectivity index (χ4v) is 1.55. The largest absolute Gasteiger partial charge is 0.377 e. The van der Waals surface area contributed by atoms with Crippen molar-refractivity contribution in [2.45, 2.75) is 38.8 Å². The molecule has 1 aromatic rings. The van der Waals surface area contributed by atoms with E-state index in [0.29, 0.717) is 12.7 Å². The van der Waals surface area contributed by atoms with Crippen LogP contribution < -0.4 is 5.73 Å². The van der Waals surface area contributed by atoms with E-state index in [4.69, 9.17) is 10.5 Å². The smallest absolute Gasteiger partial charge is 0.0662 e. The van der Waals surface area contributed by atoms with Gasteiger partial charge in [-0.1, -0.05) is 43.7 Å². The standard InChI is InChI=1S/C13H21NO/c1-3-7-11(2)15-10-13(14)12-8-5-4-6-9-12/h4-6,8-9,11,13H,3,7,10,14H2,1-2H3. The third-order valence-electron chi connectivity index (χ3n) is 2.48. The summed E-state index contributed by atoms with van der Waals surface area (Å²) in [5, 5.41) is 0. The molecule has 0 aliphatic heterocycles. The molecule has 2 unspecified atom stereocenters. The van der Waals surface area contributed by atoms with Crippen LogP contribution in [0.15, 0.2) is 30.3 Å². The van der Waals surface area contributed by atoms with Crippen LogP contribution in [0.1, 0.15) is 38.3 Å². The van der Waals surface area contributed by atoms with Crippen molar-refractivity contribution in [1.82, 2.24) is 0 Å². The minimum atomic E-state index is -0.00879. The van der Waals surface area contributed by atoms with Gasteiger partial charge in [-0.15, -0.1) is 0 Å². The molecule has 0 saturated carbocycles. The highest BCUT2D eigenvalue weighted by Gasteiger charge is 2.07. The Kier molecular flexibility index (Phi) is 5.37. The van der Waals surface area contributed by atoms with Crippen LogP contribution in [0.4, 0.5) is 0 Å². The van der Waals surface area contributed by atoms with E-state index in [1.54, 1.807) is 0 Å². The first-order valence-corrected chi connectivity index (χ1v) is 5.66. The van der Waals surface area contributed by atoms with Gasteiger partial charge in [0.2, 0.25) is 0 Å². The van der Waals surface area contributed by atoms with Crippen molar-refractivity contribution >= 4 is 0 Å². The number of ether oxygens (including phenoxy) is 1. The molecule has 0 aliphatic rings. The number of rotatable bonds is 6. The summed E-state index contributed by atoms with van der Waals surface area (Å²) in [6, 6.07) is 10.1. The van der Waals surface area contributed by atoms with E-state index in [1.807, 2.05) is 30.3 Å². The van der Waals surface area contributed by atoms with Crippen LogP contribution in [0.3, 0.4) is 0 Å². The Hall–Kier alpha value is -0.860. The summed E-state index contributed by atoms with van der Waals surface area (Å²) in [5.41, 5.74) is 7.15. The quantitative estimate of drug-likeness (QED) is 0.778. The van der Waals surface area contributed by atoms with E-state index in [9.17, 15) is 0 Å². The molecular formula is C13H21NO. The number of nitrogens with two attached hydrogens (primary N) is 1. The van der Waals surface area contributed by atoms with Crippen molar-refractivity contribution in [2.75, 3.05) is 6.61 Å². The minimum absolute atomic E-state index is 0.00879. The van der Waals surface area contributed by atoms with E-state index in [-0.39, 0.29) is 6.04 Å². The highest BCUT2D eigenvalue weighted by atomic mass is 16.5. The second kappa shape index (κ2) is 6.59. The molecule has 0 spiro atoms. The van der Waals surface area contributed by atoms with Gasteiger partial charge in [0.1, 0.15) is 0 Å². The molecule has 1 aromatic carbocycles. The molecule has 0 radical (unpaired) electrons. The summed E-state index contributed by atoms with van der Waals surface area (Å²) < 4.78 is 5.67. The highest BCUT2D eigenvalue weighted by molar-refractivity contribution is 5.18. The molecule has 2 nitrogen and oxygen atoms in total. The molecule has 0 saturated heterocycles. The Balaban J connectivity index is 2.33. The van der Waals surface area contributed by atoms with Crippen molar-refractivity contribution in [1.29, 1.82) is 0 Å². The zero-order chi connectivity index (χ0) is 11.1. The molecule has 0 aliphatic carbocycles. The monoisotopic (exact) mass is 207 g/mol. The lowest BCUT2D eigenvalue weighted by Crippen LogP contribution is -2.20. The first-order valence-electron chi connectivity index (χ1n) is 5.66. The van der Waals surface area contributed by atoms with Crippen LogP contribution in [0.2, 0.25) is 0 Å². The van der Waals surface area contributed by atoms with Gasteiger partial charge in [0.25, 0.3) is 0 Å². The third kappa shape index (κ3) is 4.45. The Labute approximate surface area is 92.4 Å². The summed E-state index contributed by atoms with van der Waals surface area (Å²) in [6.45, 7) is 4.86. The maximum Gasteiger partial charge on any atom is 0.0662 e. The molecule has 0 heterocycles. The van der Waals surface area contributed by atoms with Gasteiger partial charge in [-0.05, 0) is 18.9 Å². The average Bonchev–Trinajstić information content (AvgIpc) is 2.27. The molecule has 2 N–H and O–H groups in total. The van der Waals surface area contributed by atoms with E-state index in [0.717, 1.165) is 18.4 Å². The molecule has 84 valence electrons. The maximum atomic E-state index is 6.01. The van der Waals surface area contributed by atoms with Gasteiger partial charge in [-0.25, -0.2) is 0 Å². The van der Waals surface area contributed by atoms with Crippen molar-refractivity contribution in [3.8, 4) is 0 Å². The van der Waals surface area contributed by atoms with Crippen molar-refractivity contribution in [3.63, 3.8) is 0 Å². The lowest BCUT2D eigenvalue weighted by atomic mass is 10.1. The van der Waals surface area contributed by atoms with Crippen LogP contribution in [-0.4, -0.2) is 12.7 Å². The first-order chi connectivity index (χ1) is 7.24. The molecule has 15 heavy (non-hydrogen) atoms. The number of benzene rings is 1. The molecule has 2 heteroatoms. The Bertz CT molecular complexity index is 260. The number of hydrogen-bond donors (Lipinski definition) is 1. The Morgan fingerprint density at radius 1 is 1.27 bits per heavy atom. The summed E-state index contributed by atoms with van der Waals surface area (Å²) in [6.07, 6.45) is 2.56. The van der Waals surface area contributed by atoms with E-state index < -0.39 is 0 Å². The minimum Gasteiger partial charge on any atom is -0.377 e. The highest BCUT2D eigenvalue weighted by Crippen LogP contribution is 2.11. The lowest BCUT2D eigenvalue weighted by Gasteiger charge is -2.16. The van der Waals surface area contributed by atoms with Crippen LogP contribution in [0, 0.1) is 0 Å². The Morgan fingerprint density at radius 3 is 2.53 bits per heavy atom. The van der Waals surface area contributed by atoms with Crippen LogP contribution in [0.5, 0.6) is 0 Å². The summed E-state index contributed by atoms with van der Waals surface area (Å²) in [7, 11) is 0. The summed E-state index contributed by atoms with van der Waals surface area (Å²) in [4.78, 5) is 0. The maximum absolute atomic E-state index is 6.01. The fraction of sp³-hybridized carbons (Fsp3) is 0.538. The lowest BCUT2D eigenvalue weighted by molar-refractivity contribution is 0.0503. The van der Waals surface area contributed by atoms with Gasteiger partial charge in [0.05, 0.1) is 18.8 Å². The Morgan fingerprint density at radius 2 is 1.93 bits per heavy atom. The summed E-state index contributed by atoms with van der Waals surface area (Å²) in [5.74, 6) is 0. The second-order valence-electron chi connectivity index (χ2n) is 3.95. The van der Waals surface area contributed by atoms with Gasteiger partial charge in [0.15, 0.2) is 0 Å². The van der Waals surface area contributed by atoms with Gasteiger partial charge >= 0.3 is 0 Å². The zero-order valence-electron chi connectivity index (χ0n) is 9.65. The summed E-state index contributed by atoms with van der Waals surface area (Å²) >= 11 is 0. The van der Waals surface area contributed by atoms with Crippen molar-refractivity contribution in [2.24, 2.45) is 5.73 Å². The van der Waals surface area contributed by atoms with Crippen molar-refractivity contribution in [3.05, 3.63) is 35.9 Å². The van der Waals surface area contributed by atoms with Gasteiger partial charge in [0, 0.05) is 0 Å². The molecule has 0 fully saturated rings. The molecule has 0 amide bonds. The average molecular weight is 207 g/mol. The third-order valence-corrected chi connectivity index (χ3v) is 2.48. The predicted octanol–water partition coefficient (Wildman–Crippen LogP) is 2.89. The van der Waals surface area contributed by atoms with Crippen molar-refractivity contribution < 1.29 is 4.74 Å². The fourth-order valence-electron chi connectivity index (χ4n) is 1.55. The van der Waals surface area contributed by atoms with Gasteiger partial charge < -0.3 is 10.5 Å². The van der Waals surface area contributed by atoms with Gasteiger partial charge in [-0.3, -0.25) is 0 Å². The normalized spacial score (nSPS) is 14.9. The SMILES string of the molecule is CCCC(C)OCC(N)c1ccccc1. The second-order valence-corrected chi connectivity index (χ2v) is 3.95. The van der Waals surface area contributed by atoms with Gasteiger partial charge in [-0.2, -0.15) is 0 Å². The molecule has 1 rings (SSSR count). The van der Waals surface area contributed by atoms with Crippen LogP contribution >= 0.6 is 0 Å². The first kappa shape index (κ1) is 12.2. The van der Waals surface area contributed by atoms with E-state index in [1.165, 1.54) is 0 Å². The topological polar surface area (TPSA) is 35.2 Å². The molecule has 0 aromatic heterocycles. The molecule has 0 bridgehead atoms. The number of hydrogen-bond acceptors (Lipinski definition) is 2. The predicted molar refractivity (Wildman–Crippen MR) is 63.7 cm³/mol. The molecular weight excluding hydrogens is 186 g/mol. The van der Waals surface area contributed by atoms with E-state index in [2.05, 4.69) is 13.8 Å².